The van der Waals surface area contributed by atoms with Gasteiger partial charge in [-0.2, -0.15) is 9.78 Å². The third-order valence-corrected chi connectivity index (χ3v) is 10.0. The van der Waals surface area contributed by atoms with E-state index in [1.807, 2.05) is 0 Å². The molecule has 0 heterocycles. The molecule has 0 bridgehead atoms. The van der Waals surface area contributed by atoms with Crippen LogP contribution in [0.4, 0.5) is 9.59 Å². The van der Waals surface area contributed by atoms with Crippen LogP contribution < -0.4 is 10.6 Å². The highest BCUT2D eigenvalue weighted by molar-refractivity contribution is 8.16. The Morgan fingerprint density at radius 1 is 0.634 bits per heavy atom. The Bertz CT molecular complexity index is 662. The fraction of sp³-hybridized carbons (Fsp3) is 0.810. The maximum absolute atomic E-state index is 11.7. The quantitative estimate of drug-likeness (QED) is 0.0214. The molecule has 4 N–H and O–H groups in total. The molecule has 2 amide bonds. The first kappa shape index (κ1) is 40.4. The minimum Gasteiger partial charge on any atom is -0.447 e. The maximum atomic E-state index is 11.7. The Kier molecular flexibility index (Phi) is 35.1. The zero-order valence-electron chi connectivity index (χ0n) is 22.7. The summed E-state index contributed by atoms with van der Waals surface area (Å²) in [5.41, 5.74) is 0. The van der Waals surface area contributed by atoms with Gasteiger partial charge in [0.15, 0.2) is 0 Å². The van der Waals surface area contributed by atoms with Crippen LogP contribution in [0.25, 0.3) is 0 Å². The molecule has 0 fully saturated rings. The second kappa shape index (κ2) is 35.6. The Balaban J connectivity index is 3.26. The number of aliphatic hydroxyl groups excluding tert-OH is 2. The highest BCUT2D eigenvalue weighted by Crippen LogP contribution is 2.13. The summed E-state index contributed by atoms with van der Waals surface area (Å²) in [6.45, 7) is 2.10. The van der Waals surface area contributed by atoms with E-state index in [-0.39, 0.29) is 32.4 Å². The van der Waals surface area contributed by atoms with E-state index in [0.29, 0.717) is 37.2 Å². The summed E-state index contributed by atoms with van der Waals surface area (Å²) < 4.78 is 9.78. The average molecular weight is 701 g/mol. The first-order valence-corrected chi connectivity index (χ1v) is 19.2. The molecule has 0 spiro atoms. The minimum atomic E-state index is -0.516. The van der Waals surface area contributed by atoms with Gasteiger partial charge in [0.05, 0.1) is 26.3 Å². The number of carbonyl (C=O) groups is 2. The number of rotatable bonds is 30. The van der Waals surface area contributed by atoms with Gasteiger partial charge in [-0.25, -0.2) is 9.59 Å². The molecule has 0 saturated carbocycles. The van der Waals surface area contributed by atoms with Gasteiger partial charge in [0.1, 0.15) is 25.1 Å². The monoisotopic (exact) mass is 700 g/mol. The number of nitrogens with zero attached hydrogens (tertiary/aromatic N) is 2. The molecule has 0 radical (unpaired) electrons. The lowest BCUT2D eigenvalue weighted by Crippen LogP contribution is -2.27. The molecule has 0 aliphatic carbocycles. The fourth-order valence-electron chi connectivity index (χ4n) is 1.88. The van der Waals surface area contributed by atoms with Gasteiger partial charge in [-0.1, -0.05) is 0 Å². The number of aliphatic hydroxyl groups is 2. The van der Waals surface area contributed by atoms with Gasteiger partial charge >= 0.3 is 12.2 Å². The minimum absolute atomic E-state index is 0.00278. The number of thioether (sulfide) groups is 6. The summed E-state index contributed by atoms with van der Waals surface area (Å²) >= 11 is 9.82. The van der Waals surface area contributed by atoms with Gasteiger partial charge in [0.2, 0.25) is 12.8 Å². The topological polar surface area (TPSA) is 179 Å². The molecule has 0 saturated heterocycles. The van der Waals surface area contributed by atoms with Crippen molar-refractivity contribution in [3.05, 3.63) is 0 Å². The number of hydrogen-bond donors (Lipinski definition) is 4. The van der Waals surface area contributed by atoms with Crippen LogP contribution >= 0.6 is 70.6 Å². The van der Waals surface area contributed by atoms with E-state index in [4.69, 9.17) is 24.7 Å². The summed E-state index contributed by atoms with van der Waals surface area (Å²) in [4.78, 5) is 49.9. The molecule has 14 nitrogen and oxygen atoms in total. The van der Waals surface area contributed by atoms with Gasteiger partial charge in [-0.15, -0.1) is 70.6 Å². The molecule has 240 valence electrons. The van der Waals surface area contributed by atoms with Crippen molar-refractivity contribution in [2.45, 2.75) is 0 Å². The predicted octanol–water partition coefficient (Wildman–Crippen LogP) is 2.56. The first-order chi connectivity index (χ1) is 20.2. The van der Waals surface area contributed by atoms with Crippen LogP contribution in [0.1, 0.15) is 0 Å². The molecule has 0 aliphatic rings. The van der Waals surface area contributed by atoms with Crippen LogP contribution in [0.2, 0.25) is 0 Å². The Labute approximate surface area is 266 Å². The largest absolute Gasteiger partial charge is 0.447 e. The average Bonchev–Trinajstić information content (AvgIpc) is 2.97. The van der Waals surface area contributed by atoms with Crippen molar-refractivity contribution >= 4 is 95.6 Å². The number of alkyl carbamates (subject to hydrolysis) is 2. The molecule has 0 aliphatic heterocycles. The van der Waals surface area contributed by atoms with Crippen LogP contribution in [-0.2, 0) is 29.0 Å². The van der Waals surface area contributed by atoms with Gasteiger partial charge in [-0.05, 0) is 0 Å². The summed E-state index contributed by atoms with van der Waals surface area (Å²) in [6.07, 6.45) is 1.54. The second-order valence-corrected chi connectivity index (χ2v) is 14.0. The van der Waals surface area contributed by atoms with E-state index in [2.05, 4.69) is 35.1 Å². The van der Waals surface area contributed by atoms with Crippen molar-refractivity contribution in [2.75, 3.05) is 103 Å². The second-order valence-electron chi connectivity index (χ2n) is 6.65. The lowest BCUT2D eigenvalue weighted by atomic mass is 10.7. The van der Waals surface area contributed by atoms with Crippen LogP contribution in [0.5, 0.6) is 0 Å². The van der Waals surface area contributed by atoms with E-state index in [0.717, 1.165) is 33.2 Å². The number of aliphatic imine (C=N–C) groups is 2. The van der Waals surface area contributed by atoms with Gasteiger partial charge in [0, 0.05) is 51.4 Å². The third kappa shape index (κ3) is 35.5. The van der Waals surface area contributed by atoms with Crippen molar-refractivity contribution in [1.82, 2.24) is 10.6 Å². The number of nitrogens with one attached hydrogen (secondary N) is 2. The zero-order chi connectivity index (χ0) is 29.9. The molecule has 20 heteroatoms. The molecule has 0 aromatic heterocycles. The van der Waals surface area contributed by atoms with Crippen molar-refractivity contribution in [1.29, 1.82) is 0 Å². The maximum Gasteiger partial charge on any atom is 0.407 e. The molecule has 0 aromatic rings. The summed E-state index contributed by atoms with van der Waals surface area (Å²) in [7, 11) is 0. The van der Waals surface area contributed by atoms with Crippen LogP contribution in [-0.4, -0.2) is 138 Å². The molecule has 0 aromatic carbocycles. The number of hydrogen-bond acceptors (Lipinski definition) is 18. The van der Waals surface area contributed by atoms with Crippen LogP contribution in [0.3, 0.4) is 0 Å². The molecule has 0 unspecified atom stereocenters. The Morgan fingerprint density at radius 2 is 1.15 bits per heavy atom. The fourth-order valence-corrected chi connectivity index (χ4v) is 7.00. The van der Waals surface area contributed by atoms with E-state index in [1.54, 1.807) is 47.0 Å². The number of carbonyl (C=O) groups excluding carboxylic acids is 2. The highest BCUT2D eigenvalue weighted by Gasteiger charge is 2.02. The van der Waals surface area contributed by atoms with E-state index in [9.17, 15) is 9.59 Å². The number of ether oxygens (including phenoxy) is 2. The lowest BCUT2D eigenvalue weighted by molar-refractivity contribution is -0.221. The molecule has 0 rings (SSSR count). The summed E-state index contributed by atoms with van der Waals surface area (Å²) in [5, 5.41) is 24.8. The first-order valence-electron chi connectivity index (χ1n) is 12.2. The Hall–Kier alpha value is -0.580. The van der Waals surface area contributed by atoms with E-state index < -0.39 is 12.2 Å². The molecular weight excluding hydrogens is 661 g/mol. The Morgan fingerprint density at radius 3 is 1.76 bits per heavy atom. The smallest absolute Gasteiger partial charge is 0.407 e. The van der Waals surface area contributed by atoms with Gasteiger partial charge < -0.3 is 40.1 Å². The summed E-state index contributed by atoms with van der Waals surface area (Å²) in [6, 6.07) is 0. The van der Waals surface area contributed by atoms with Crippen molar-refractivity contribution in [2.24, 2.45) is 9.98 Å². The normalized spacial score (nSPS) is 11.2. The highest BCUT2D eigenvalue weighted by atomic mass is 32.2. The van der Waals surface area contributed by atoms with Crippen molar-refractivity contribution in [3.63, 3.8) is 0 Å². The van der Waals surface area contributed by atoms with Gasteiger partial charge in [-0.3, -0.25) is 9.98 Å². The van der Waals surface area contributed by atoms with Gasteiger partial charge in [0.25, 0.3) is 0 Å². The third-order valence-electron chi connectivity index (χ3n) is 3.54. The molecular formula is C21H40N4O10S6. The standard InChI is InChI=1S/C21H40N4O10S6/c26-5-7-30-20(28)24-3-11-38-17-37-10-2-23-14-34-35-16-41-19-40-15-31-21(29)25-4-12-39-18-36-9-1-22-13-33-32-8-6-27/h13-14,26-27H,1-12,15-19H2,(H,24,28)(H,25,29)/b22-13+,23-14+. The predicted molar refractivity (Wildman–Crippen MR) is 173 cm³/mol. The van der Waals surface area contributed by atoms with Crippen LogP contribution in [0, 0.1) is 0 Å². The van der Waals surface area contributed by atoms with Crippen molar-refractivity contribution < 1.29 is 48.8 Å². The molecule has 41 heavy (non-hydrogen) atoms. The zero-order valence-corrected chi connectivity index (χ0v) is 27.6. The van der Waals surface area contributed by atoms with E-state index in [1.165, 1.54) is 36.3 Å². The van der Waals surface area contributed by atoms with E-state index >= 15 is 0 Å². The SMILES string of the molecule is O=C(NCCSCSCC/N=C/OOCSCSCOC(=O)NCCSCSCC/N=C/OOCCO)OCCO. The number of amides is 2. The summed E-state index contributed by atoms with van der Waals surface area (Å²) in [5.74, 6) is 3.83. The van der Waals surface area contributed by atoms with Crippen molar-refractivity contribution in [3.8, 4) is 0 Å². The lowest BCUT2D eigenvalue weighted by Gasteiger charge is -2.06. The molecule has 0 atom stereocenters. The van der Waals surface area contributed by atoms with Crippen LogP contribution in [0.15, 0.2) is 9.98 Å².